The Labute approximate surface area is 109 Å². The normalized spacial score (nSPS) is 21.3. The Kier molecular flexibility index (Phi) is 3.05. The van der Waals surface area contributed by atoms with Gasteiger partial charge in [0.1, 0.15) is 10.6 Å². The van der Waals surface area contributed by atoms with Gasteiger partial charge in [-0.15, -0.1) is 11.3 Å². The Balaban J connectivity index is 1.86. The van der Waals surface area contributed by atoms with Crippen LogP contribution in [-0.4, -0.2) is 28.7 Å². The predicted molar refractivity (Wildman–Crippen MR) is 73.9 cm³/mol. The monoisotopic (exact) mass is 264 g/mol. The van der Waals surface area contributed by atoms with Gasteiger partial charge in [-0.2, -0.15) is 4.98 Å². The maximum absolute atomic E-state index is 5.73. The molecule has 96 valence electrons. The Hall–Kier alpha value is -1.40. The van der Waals surface area contributed by atoms with E-state index in [0.29, 0.717) is 5.95 Å². The molecule has 0 bridgehead atoms. The number of rotatable bonds is 3. The Morgan fingerprint density at radius 3 is 3.22 bits per heavy atom. The first-order valence-corrected chi connectivity index (χ1v) is 7.01. The molecule has 0 aliphatic carbocycles. The number of hydrogen-bond donors (Lipinski definition) is 2. The number of nitrogens with zero attached hydrogens (tertiary/aromatic N) is 2. The molecule has 0 spiro atoms. The fourth-order valence-corrected chi connectivity index (χ4v) is 3.06. The summed E-state index contributed by atoms with van der Waals surface area (Å²) < 4.78 is 5.68. The molecule has 0 saturated carbocycles. The number of ether oxygens (including phenoxy) is 1. The predicted octanol–water partition coefficient (Wildman–Crippen LogP) is 2.25. The van der Waals surface area contributed by atoms with E-state index in [9.17, 15) is 0 Å². The van der Waals surface area contributed by atoms with E-state index >= 15 is 0 Å². The minimum atomic E-state index is 0.227. The van der Waals surface area contributed by atoms with Crippen molar-refractivity contribution in [2.45, 2.75) is 31.9 Å². The smallest absolute Gasteiger partial charge is 0.223 e. The van der Waals surface area contributed by atoms with E-state index in [1.54, 1.807) is 11.3 Å². The lowest BCUT2D eigenvalue weighted by Crippen LogP contribution is -2.30. The summed E-state index contributed by atoms with van der Waals surface area (Å²) in [6.07, 6.45) is 2.49. The molecule has 2 aromatic heterocycles. The standard InChI is InChI=1S/C12H16N4OS/c1-7(9-3-2-5-17-9)14-10-8-4-6-18-11(8)16-12(13)15-10/h4,6-7,9H,2-3,5H2,1H3,(H3,13,14,15,16). The summed E-state index contributed by atoms with van der Waals surface area (Å²) in [6.45, 7) is 2.98. The van der Waals surface area contributed by atoms with Crippen molar-refractivity contribution in [1.29, 1.82) is 0 Å². The highest BCUT2D eigenvalue weighted by Crippen LogP contribution is 2.27. The largest absolute Gasteiger partial charge is 0.376 e. The second-order valence-electron chi connectivity index (χ2n) is 4.55. The number of nitrogen functional groups attached to an aromatic ring is 1. The molecule has 3 rings (SSSR count). The van der Waals surface area contributed by atoms with Crippen LogP contribution < -0.4 is 11.1 Å². The highest BCUT2D eigenvalue weighted by atomic mass is 32.1. The highest BCUT2D eigenvalue weighted by Gasteiger charge is 2.23. The average molecular weight is 264 g/mol. The maximum atomic E-state index is 5.73. The van der Waals surface area contributed by atoms with E-state index in [4.69, 9.17) is 10.5 Å². The molecular formula is C12H16N4OS. The number of hydrogen-bond acceptors (Lipinski definition) is 6. The van der Waals surface area contributed by atoms with Crippen LogP contribution in [0.1, 0.15) is 19.8 Å². The molecule has 0 radical (unpaired) electrons. The Morgan fingerprint density at radius 1 is 1.56 bits per heavy atom. The van der Waals surface area contributed by atoms with Gasteiger partial charge in [0, 0.05) is 6.61 Å². The van der Waals surface area contributed by atoms with Crippen LogP contribution in [0.15, 0.2) is 11.4 Å². The van der Waals surface area contributed by atoms with Crippen LogP contribution in [-0.2, 0) is 4.74 Å². The second kappa shape index (κ2) is 4.70. The topological polar surface area (TPSA) is 73.1 Å². The summed E-state index contributed by atoms with van der Waals surface area (Å²) in [5, 5.41) is 6.43. The highest BCUT2D eigenvalue weighted by molar-refractivity contribution is 7.16. The van der Waals surface area contributed by atoms with Crippen LogP contribution in [0.4, 0.5) is 11.8 Å². The SMILES string of the molecule is CC(Nc1nc(N)nc2sccc12)C1CCCO1. The van der Waals surface area contributed by atoms with Crippen LogP contribution in [0.2, 0.25) is 0 Å². The molecule has 1 fully saturated rings. The third kappa shape index (κ3) is 2.13. The van der Waals surface area contributed by atoms with Gasteiger partial charge in [0.05, 0.1) is 17.5 Å². The van der Waals surface area contributed by atoms with Crippen molar-refractivity contribution in [3.63, 3.8) is 0 Å². The summed E-state index contributed by atoms with van der Waals surface area (Å²) >= 11 is 1.57. The van der Waals surface area contributed by atoms with Crippen molar-refractivity contribution in [3.8, 4) is 0 Å². The van der Waals surface area contributed by atoms with E-state index in [0.717, 1.165) is 35.5 Å². The fourth-order valence-electron chi connectivity index (χ4n) is 2.29. The van der Waals surface area contributed by atoms with Gasteiger partial charge in [-0.25, -0.2) is 4.98 Å². The summed E-state index contributed by atoms with van der Waals surface area (Å²) in [5.41, 5.74) is 5.73. The number of thiophene rings is 1. The van der Waals surface area contributed by atoms with Crippen molar-refractivity contribution in [2.75, 3.05) is 17.7 Å². The van der Waals surface area contributed by atoms with E-state index in [1.807, 2.05) is 11.4 Å². The summed E-state index contributed by atoms with van der Waals surface area (Å²) in [7, 11) is 0. The van der Waals surface area contributed by atoms with Gasteiger partial charge in [-0.1, -0.05) is 0 Å². The second-order valence-corrected chi connectivity index (χ2v) is 5.45. The number of anilines is 2. The Morgan fingerprint density at radius 2 is 2.44 bits per heavy atom. The van der Waals surface area contributed by atoms with Crippen LogP contribution in [0.5, 0.6) is 0 Å². The zero-order valence-electron chi connectivity index (χ0n) is 10.2. The van der Waals surface area contributed by atoms with Gasteiger partial charge in [0.25, 0.3) is 0 Å². The van der Waals surface area contributed by atoms with E-state index in [-0.39, 0.29) is 12.1 Å². The van der Waals surface area contributed by atoms with Gasteiger partial charge in [-0.3, -0.25) is 0 Å². The summed E-state index contributed by atoms with van der Waals surface area (Å²) in [4.78, 5) is 9.43. The molecule has 3 N–H and O–H groups in total. The molecule has 3 heterocycles. The molecule has 1 aliphatic rings. The van der Waals surface area contributed by atoms with Gasteiger partial charge in [-0.05, 0) is 31.2 Å². The fraction of sp³-hybridized carbons (Fsp3) is 0.500. The lowest BCUT2D eigenvalue weighted by Gasteiger charge is -2.20. The van der Waals surface area contributed by atoms with Gasteiger partial charge in [0.15, 0.2) is 0 Å². The van der Waals surface area contributed by atoms with Crippen molar-refractivity contribution in [2.24, 2.45) is 0 Å². The molecular weight excluding hydrogens is 248 g/mol. The third-order valence-electron chi connectivity index (χ3n) is 3.23. The first kappa shape index (κ1) is 11.7. The number of aromatic nitrogens is 2. The lowest BCUT2D eigenvalue weighted by molar-refractivity contribution is 0.0996. The molecule has 2 unspecified atom stereocenters. The van der Waals surface area contributed by atoms with Crippen LogP contribution >= 0.6 is 11.3 Å². The molecule has 18 heavy (non-hydrogen) atoms. The molecule has 1 saturated heterocycles. The first-order chi connectivity index (χ1) is 8.74. The third-order valence-corrected chi connectivity index (χ3v) is 4.04. The zero-order chi connectivity index (χ0) is 12.5. The number of nitrogens with two attached hydrogens (primary N) is 1. The molecule has 2 atom stereocenters. The van der Waals surface area contributed by atoms with Crippen molar-refractivity contribution in [1.82, 2.24) is 9.97 Å². The zero-order valence-corrected chi connectivity index (χ0v) is 11.0. The average Bonchev–Trinajstić information content (AvgIpc) is 2.98. The molecule has 5 nitrogen and oxygen atoms in total. The summed E-state index contributed by atoms with van der Waals surface area (Å²) in [5.74, 6) is 1.12. The van der Waals surface area contributed by atoms with E-state index in [1.165, 1.54) is 0 Å². The van der Waals surface area contributed by atoms with Crippen molar-refractivity contribution in [3.05, 3.63) is 11.4 Å². The number of nitrogens with one attached hydrogen (secondary N) is 1. The minimum Gasteiger partial charge on any atom is -0.376 e. The van der Waals surface area contributed by atoms with Crippen molar-refractivity contribution < 1.29 is 4.74 Å². The van der Waals surface area contributed by atoms with Crippen LogP contribution in [0.3, 0.4) is 0 Å². The Bertz CT molecular complexity index is 550. The van der Waals surface area contributed by atoms with Crippen LogP contribution in [0.25, 0.3) is 10.2 Å². The molecule has 1 aliphatic heterocycles. The van der Waals surface area contributed by atoms with Crippen LogP contribution in [0, 0.1) is 0 Å². The minimum absolute atomic E-state index is 0.227. The molecule has 2 aromatic rings. The van der Waals surface area contributed by atoms with Gasteiger partial charge in [0.2, 0.25) is 5.95 Å². The van der Waals surface area contributed by atoms with E-state index in [2.05, 4.69) is 22.2 Å². The maximum Gasteiger partial charge on any atom is 0.223 e. The van der Waals surface area contributed by atoms with Crippen molar-refractivity contribution >= 4 is 33.3 Å². The quantitative estimate of drug-likeness (QED) is 0.889. The number of fused-ring (bicyclic) bond motifs is 1. The van der Waals surface area contributed by atoms with E-state index < -0.39 is 0 Å². The van der Waals surface area contributed by atoms with Gasteiger partial charge < -0.3 is 15.8 Å². The molecule has 0 aromatic carbocycles. The molecule has 0 amide bonds. The summed E-state index contributed by atoms with van der Waals surface area (Å²) in [6, 6.07) is 2.24. The van der Waals surface area contributed by atoms with Gasteiger partial charge >= 0.3 is 0 Å². The first-order valence-electron chi connectivity index (χ1n) is 6.13. The lowest BCUT2D eigenvalue weighted by atomic mass is 10.1. The molecule has 6 heteroatoms.